The molecule has 222 valence electrons. The number of aromatic amines is 1. The highest BCUT2D eigenvalue weighted by Gasteiger charge is 2.63. The van der Waals surface area contributed by atoms with E-state index in [1.807, 2.05) is 0 Å². The zero-order chi connectivity index (χ0) is 29.9. The molecule has 0 radical (unpaired) electrons. The van der Waals surface area contributed by atoms with Gasteiger partial charge in [-0.05, 0) is 48.5 Å². The lowest BCUT2D eigenvalue weighted by Gasteiger charge is -2.30. The lowest BCUT2D eigenvalue weighted by atomic mass is 9.98. The van der Waals surface area contributed by atoms with Crippen LogP contribution in [-0.2, 0) is 13.8 Å². The maximum absolute atomic E-state index is 15.3. The molecular weight excluding hydrogens is 583 g/mol. The molecule has 12 nitrogen and oxygen atoms in total. The highest BCUT2D eigenvalue weighted by Crippen LogP contribution is 2.53. The quantitative estimate of drug-likeness (QED) is 0.246. The highest BCUT2D eigenvalue weighted by atomic mass is 31.2. The molecule has 0 saturated carbocycles. The third-order valence-electron chi connectivity index (χ3n) is 5.97. The lowest BCUT2D eigenvalue weighted by Crippen LogP contribution is -2.50. The fourth-order valence-electron chi connectivity index (χ4n) is 3.80. The Bertz CT molecular complexity index is 1470. The molecule has 41 heavy (non-hydrogen) atoms. The second-order valence-corrected chi connectivity index (χ2v) is 10.1. The van der Waals surface area contributed by atoms with E-state index in [4.69, 9.17) is 27.8 Å². The molecule has 1 saturated heterocycles. The molecule has 1 fully saturated rings. The van der Waals surface area contributed by atoms with Crippen LogP contribution in [0.1, 0.15) is 6.23 Å². The average Bonchev–Trinajstić information content (AvgIpc) is 3.21. The third-order valence-corrected chi connectivity index (χ3v) is 7.28. The van der Waals surface area contributed by atoms with Gasteiger partial charge >= 0.3 is 13.5 Å². The number of rotatable bonds is 11. The SMILES string of the molecule is COc1ccc(OP(=O)(OC[C@@]2(C(F)F)O[C@@H](n3cc(F)c(=O)[nH]c3=O)[C@H](O)[C@H]2F)Oc2ccc(OC)cc2)cc1. The zero-order valence-electron chi connectivity index (χ0n) is 21.2. The smallest absolute Gasteiger partial charge is 0.497 e. The maximum Gasteiger partial charge on any atom is 0.587 e. The molecule has 1 aromatic heterocycles. The summed E-state index contributed by atoms with van der Waals surface area (Å²) in [7, 11) is -2.14. The second kappa shape index (κ2) is 11.9. The van der Waals surface area contributed by atoms with Crippen LogP contribution >= 0.6 is 7.82 Å². The molecule has 3 aromatic rings. The van der Waals surface area contributed by atoms with Gasteiger partial charge in [0.2, 0.25) is 5.82 Å². The first-order valence-corrected chi connectivity index (χ1v) is 13.1. The van der Waals surface area contributed by atoms with Crippen molar-refractivity contribution in [3.63, 3.8) is 0 Å². The molecule has 17 heteroatoms. The Balaban J connectivity index is 1.65. The van der Waals surface area contributed by atoms with E-state index in [0.29, 0.717) is 11.5 Å². The van der Waals surface area contributed by atoms with Crippen LogP contribution in [-0.4, -0.2) is 59.8 Å². The van der Waals surface area contributed by atoms with Crippen LogP contribution in [0.25, 0.3) is 0 Å². The van der Waals surface area contributed by atoms with Gasteiger partial charge in [-0.3, -0.25) is 18.9 Å². The van der Waals surface area contributed by atoms with Crippen LogP contribution < -0.4 is 29.8 Å². The Labute approximate surface area is 228 Å². The van der Waals surface area contributed by atoms with Gasteiger partial charge in [-0.2, -0.15) is 4.39 Å². The van der Waals surface area contributed by atoms with Crippen LogP contribution in [0.2, 0.25) is 0 Å². The molecule has 0 unspecified atom stereocenters. The molecule has 0 spiro atoms. The van der Waals surface area contributed by atoms with Crippen molar-refractivity contribution in [2.75, 3.05) is 20.8 Å². The standard InChI is InChI=1S/C24H23F4N2O10P/c1-35-13-3-7-15(8-4-13)39-41(34,40-16-9-5-14(36-2)6-10-16)37-12-24(22(27)28)19(26)18(31)21(38-24)30-11-17(25)20(32)29-23(30)33/h3-11,18-19,21-22,31H,12H2,1-2H3,(H,29,32,33)/t18-,19-,21-,24-/m1/s1. The van der Waals surface area contributed by atoms with Gasteiger partial charge in [0.15, 0.2) is 18.0 Å². The third kappa shape index (κ3) is 6.25. The van der Waals surface area contributed by atoms with Crippen LogP contribution in [0, 0.1) is 5.82 Å². The van der Waals surface area contributed by atoms with Crippen molar-refractivity contribution in [3.8, 4) is 23.0 Å². The summed E-state index contributed by atoms with van der Waals surface area (Å²) in [4.78, 5) is 25.0. The van der Waals surface area contributed by atoms with Gasteiger partial charge in [-0.25, -0.2) is 22.5 Å². The normalized spacial score (nSPS) is 22.5. The first-order valence-electron chi connectivity index (χ1n) is 11.6. The number of phosphoric acid groups is 1. The molecule has 0 amide bonds. The lowest BCUT2D eigenvalue weighted by molar-refractivity contribution is -0.184. The molecule has 2 heterocycles. The summed E-state index contributed by atoms with van der Waals surface area (Å²) in [5.74, 6) is -0.979. The molecule has 1 aliphatic rings. The number of halogens is 4. The molecule has 0 bridgehead atoms. The highest BCUT2D eigenvalue weighted by molar-refractivity contribution is 7.49. The van der Waals surface area contributed by atoms with E-state index >= 15 is 4.39 Å². The van der Waals surface area contributed by atoms with Crippen LogP contribution in [0.5, 0.6) is 23.0 Å². The monoisotopic (exact) mass is 606 g/mol. The van der Waals surface area contributed by atoms with Gasteiger partial charge in [0, 0.05) is 0 Å². The summed E-state index contributed by atoms with van der Waals surface area (Å²) in [6.45, 7) is -1.54. The maximum atomic E-state index is 15.3. The molecule has 0 aliphatic carbocycles. The number of methoxy groups -OCH3 is 2. The van der Waals surface area contributed by atoms with Crippen molar-refractivity contribution in [2.24, 2.45) is 0 Å². The summed E-state index contributed by atoms with van der Waals surface area (Å²) >= 11 is 0. The van der Waals surface area contributed by atoms with E-state index in [1.165, 1.54) is 62.8 Å². The summed E-state index contributed by atoms with van der Waals surface area (Å²) in [6.07, 6.45) is -11.2. The van der Waals surface area contributed by atoms with E-state index in [0.717, 1.165) is 0 Å². The van der Waals surface area contributed by atoms with Crippen molar-refractivity contribution in [1.82, 2.24) is 9.55 Å². The first-order chi connectivity index (χ1) is 19.4. The number of aromatic nitrogens is 2. The number of hydrogen-bond acceptors (Lipinski definition) is 10. The molecule has 2 N–H and O–H groups in total. The number of benzene rings is 2. The van der Waals surface area contributed by atoms with Crippen molar-refractivity contribution < 1.29 is 55.0 Å². The van der Waals surface area contributed by atoms with E-state index < -0.39 is 62.0 Å². The fourth-order valence-corrected chi connectivity index (χ4v) is 5.06. The number of hydrogen-bond donors (Lipinski definition) is 2. The number of ether oxygens (including phenoxy) is 3. The van der Waals surface area contributed by atoms with Crippen LogP contribution in [0.15, 0.2) is 64.3 Å². The van der Waals surface area contributed by atoms with E-state index in [2.05, 4.69) is 0 Å². The minimum absolute atomic E-state index is 0.119. The number of H-pyrrole nitrogens is 1. The number of phosphoric ester groups is 1. The number of alkyl halides is 3. The van der Waals surface area contributed by atoms with Gasteiger partial charge in [-0.15, -0.1) is 0 Å². The largest absolute Gasteiger partial charge is 0.587 e. The molecule has 1 aliphatic heterocycles. The molecule has 4 atom stereocenters. The van der Waals surface area contributed by atoms with Crippen molar-refractivity contribution in [2.45, 2.75) is 30.5 Å². The van der Waals surface area contributed by atoms with Gasteiger partial charge in [0.1, 0.15) is 29.1 Å². The summed E-state index contributed by atoms with van der Waals surface area (Å²) in [5, 5.41) is 10.4. The predicted octanol–water partition coefficient (Wildman–Crippen LogP) is 3.21. The van der Waals surface area contributed by atoms with Crippen molar-refractivity contribution in [3.05, 3.63) is 81.4 Å². The van der Waals surface area contributed by atoms with E-state index in [9.17, 15) is 32.4 Å². The van der Waals surface area contributed by atoms with Gasteiger partial charge in [0.25, 0.3) is 12.0 Å². The number of aliphatic hydroxyl groups excluding tert-OH is 1. The zero-order valence-corrected chi connectivity index (χ0v) is 22.1. The fraction of sp³-hybridized carbons (Fsp3) is 0.333. The number of nitrogens with one attached hydrogen (secondary N) is 1. The Morgan fingerprint density at radius 2 is 1.49 bits per heavy atom. The minimum atomic E-state index is -4.93. The summed E-state index contributed by atoms with van der Waals surface area (Å²) in [5.41, 5.74) is -6.17. The van der Waals surface area contributed by atoms with E-state index in [-0.39, 0.29) is 22.3 Å². The van der Waals surface area contributed by atoms with Gasteiger partial charge < -0.3 is 28.4 Å². The average molecular weight is 606 g/mol. The minimum Gasteiger partial charge on any atom is -0.497 e. The predicted molar refractivity (Wildman–Crippen MR) is 132 cm³/mol. The Morgan fingerprint density at radius 1 is 1.00 bits per heavy atom. The Kier molecular flexibility index (Phi) is 8.77. The molecule has 4 rings (SSSR count). The summed E-state index contributed by atoms with van der Waals surface area (Å²) < 4.78 is 103. The van der Waals surface area contributed by atoms with Gasteiger partial charge in [0.05, 0.1) is 27.0 Å². The molecular formula is C24H23F4N2O10P. The van der Waals surface area contributed by atoms with Crippen LogP contribution in [0.3, 0.4) is 0 Å². The van der Waals surface area contributed by atoms with Gasteiger partial charge in [-0.1, -0.05) is 0 Å². The Morgan fingerprint density at radius 3 is 1.95 bits per heavy atom. The second-order valence-electron chi connectivity index (χ2n) is 8.55. The topological polar surface area (TPSA) is 148 Å². The summed E-state index contributed by atoms with van der Waals surface area (Å²) in [6, 6.07) is 10.9. The van der Waals surface area contributed by atoms with Crippen molar-refractivity contribution in [1.29, 1.82) is 0 Å². The Hall–Kier alpha value is -3.85. The van der Waals surface area contributed by atoms with Crippen LogP contribution in [0.4, 0.5) is 17.6 Å². The first kappa shape index (κ1) is 30.1. The number of nitrogens with zero attached hydrogens (tertiary/aromatic N) is 1. The number of aliphatic hydroxyl groups is 1. The van der Waals surface area contributed by atoms with Crippen molar-refractivity contribution >= 4 is 7.82 Å². The molecule has 2 aromatic carbocycles. The van der Waals surface area contributed by atoms with E-state index in [1.54, 1.807) is 4.98 Å².